The number of hydrogen-bond donors (Lipinski definition) is 1. The molecular weight excluding hydrogens is 452 g/mol. The molecule has 1 saturated heterocycles. The maximum Gasteiger partial charge on any atom is 0.254 e. The Morgan fingerprint density at radius 3 is 2.49 bits per heavy atom. The summed E-state index contributed by atoms with van der Waals surface area (Å²) in [6.07, 6.45) is 2.77. The molecule has 180 valence electrons. The molecule has 1 unspecified atom stereocenters. The normalized spacial score (nSPS) is 16.4. The summed E-state index contributed by atoms with van der Waals surface area (Å²) in [7, 11) is 0. The third-order valence-electron chi connectivity index (χ3n) is 6.49. The van der Waals surface area contributed by atoms with E-state index in [0.717, 1.165) is 22.9 Å². The standard InChI is InChI=1S/C26H25F2N5O2/c27-20-8-9-23(24(28)14-20)26(35,16-33-18-29-17-30-33)15-31-10-12-32(13-11-31)25(34)22-7-3-5-19-4-1-2-6-21(19)22/h1-9,14,17-18,35H,10-13,15-16H2. The first-order chi connectivity index (χ1) is 16.9. The summed E-state index contributed by atoms with van der Waals surface area (Å²) in [5.41, 5.74) is -1.02. The molecular formula is C26H25F2N5O2. The van der Waals surface area contributed by atoms with Crippen LogP contribution in [0.25, 0.3) is 10.8 Å². The first-order valence-corrected chi connectivity index (χ1v) is 11.4. The Hall–Kier alpha value is -3.69. The molecule has 1 aromatic heterocycles. The molecule has 0 radical (unpaired) electrons. The number of carbonyl (C=O) groups is 1. The van der Waals surface area contributed by atoms with Crippen LogP contribution in [0.2, 0.25) is 0 Å². The maximum atomic E-state index is 14.7. The maximum absolute atomic E-state index is 14.7. The highest BCUT2D eigenvalue weighted by molar-refractivity contribution is 6.07. The van der Waals surface area contributed by atoms with Gasteiger partial charge in [-0.1, -0.05) is 42.5 Å². The van der Waals surface area contributed by atoms with Gasteiger partial charge in [0, 0.05) is 49.9 Å². The Balaban J connectivity index is 1.32. The number of halogens is 2. The lowest BCUT2D eigenvalue weighted by Gasteiger charge is -2.39. The molecule has 1 amide bonds. The van der Waals surface area contributed by atoms with Gasteiger partial charge in [-0.25, -0.2) is 18.4 Å². The van der Waals surface area contributed by atoms with Crippen LogP contribution in [0.1, 0.15) is 15.9 Å². The van der Waals surface area contributed by atoms with Crippen molar-refractivity contribution >= 4 is 16.7 Å². The SMILES string of the molecule is O=C(c1cccc2ccccc12)N1CCN(CC(O)(Cn2cncn2)c2ccc(F)cc2F)CC1. The van der Waals surface area contributed by atoms with Crippen LogP contribution in [0.5, 0.6) is 0 Å². The summed E-state index contributed by atoms with van der Waals surface area (Å²) in [5.74, 6) is -1.57. The first-order valence-electron chi connectivity index (χ1n) is 11.4. The fourth-order valence-corrected chi connectivity index (χ4v) is 4.73. The predicted molar refractivity (Wildman–Crippen MR) is 127 cm³/mol. The summed E-state index contributed by atoms with van der Waals surface area (Å²) < 4.78 is 29.6. The molecule has 4 aromatic rings. The Morgan fingerprint density at radius 1 is 0.971 bits per heavy atom. The van der Waals surface area contributed by atoms with Gasteiger partial charge in [0.05, 0.1) is 6.54 Å². The average molecular weight is 478 g/mol. The molecule has 0 aliphatic carbocycles. The lowest BCUT2D eigenvalue weighted by molar-refractivity contribution is -0.0302. The van der Waals surface area contributed by atoms with Gasteiger partial charge >= 0.3 is 0 Å². The van der Waals surface area contributed by atoms with Crippen molar-refractivity contribution < 1.29 is 18.7 Å². The Labute approximate surface area is 201 Å². The Morgan fingerprint density at radius 2 is 1.74 bits per heavy atom. The molecule has 1 aliphatic heterocycles. The van der Waals surface area contributed by atoms with Gasteiger partial charge in [0.2, 0.25) is 0 Å². The van der Waals surface area contributed by atoms with Gasteiger partial charge in [-0.2, -0.15) is 5.10 Å². The molecule has 1 fully saturated rings. The minimum Gasteiger partial charge on any atom is -0.382 e. The van der Waals surface area contributed by atoms with Gasteiger partial charge in [0.1, 0.15) is 29.9 Å². The second kappa shape index (κ2) is 9.52. The van der Waals surface area contributed by atoms with Gasteiger partial charge in [-0.05, 0) is 22.9 Å². The summed E-state index contributed by atoms with van der Waals surface area (Å²) in [4.78, 5) is 20.9. The van der Waals surface area contributed by atoms with Crippen molar-refractivity contribution in [2.75, 3.05) is 32.7 Å². The Bertz CT molecular complexity index is 1330. The van der Waals surface area contributed by atoms with E-state index in [1.165, 1.54) is 23.4 Å². The van der Waals surface area contributed by atoms with Crippen LogP contribution in [0.4, 0.5) is 8.78 Å². The number of carbonyl (C=O) groups excluding carboxylic acids is 1. The number of hydrogen-bond acceptors (Lipinski definition) is 5. The molecule has 7 nitrogen and oxygen atoms in total. The van der Waals surface area contributed by atoms with Gasteiger partial charge in [0.15, 0.2) is 0 Å². The average Bonchev–Trinajstić information content (AvgIpc) is 3.36. The third kappa shape index (κ3) is 4.78. The van der Waals surface area contributed by atoms with Crippen LogP contribution in [-0.4, -0.2) is 68.3 Å². The number of β-amino-alcohol motifs (C(OH)–C–C–N with tert-alkyl or cyclic N) is 1. The zero-order chi connectivity index (χ0) is 24.4. The fourth-order valence-electron chi connectivity index (χ4n) is 4.73. The topological polar surface area (TPSA) is 74.5 Å². The molecule has 2 heterocycles. The molecule has 0 bridgehead atoms. The fraction of sp³-hybridized carbons (Fsp3) is 0.269. The van der Waals surface area contributed by atoms with Crippen molar-refractivity contribution in [3.05, 3.63) is 96.1 Å². The number of amides is 1. The number of aromatic nitrogens is 3. The lowest BCUT2D eigenvalue weighted by Crippen LogP contribution is -2.53. The number of piperazine rings is 1. The van der Waals surface area contributed by atoms with E-state index in [-0.39, 0.29) is 24.6 Å². The van der Waals surface area contributed by atoms with Gasteiger partial charge < -0.3 is 10.0 Å². The summed E-state index contributed by atoms with van der Waals surface area (Å²) in [5, 5.41) is 17.5. The van der Waals surface area contributed by atoms with E-state index >= 15 is 0 Å². The van der Waals surface area contributed by atoms with Gasteiger partial charge in [-0.3, -0.25) is 9.69 Å². The van der Waals surface area contributed by atoms with Crippen molar-refractivity contribution in [1.82, 2.24) is 24.6 Å². The molecule has 3 aromatic carbocycles. The first kappa shape index (κ1) is 23.1. The summed E-state index contributed by atoms with van der Waals surface area (Å²) in [6.45, 7) is 1.97. The van der Waals surface area contributed by atoms with Gasteiger partial charge in [0.25, 0.3) is 5.91 Å². The van der Waals surface area contributed by atoms with Crippen LogP contribution in [-0.2, 0) is 12.1 Å². The van der Waals surface area contributed by atoms with Crippen molar-refractivity contribution in [3.8, 4) is 0 Å². The van der Waals surface area contributed by atoms with Crippen LogP contribution in [0.3, 0.4) is 0 Å². The van der Waals surface area contributed by atoms with Crippen molar-refractivity contribution in [1.29, 1.82) is 0 Å². The second-order valence-electron chi connectivity index (χ2n) is 8.84. The molecule has 1 N–H and O–H groups in total. The highest BCUT2D eigenvalue weighted by Crippen LogP contribution is 2.28. The number of aliphatic hydroxyl groups is 1. The molecule has 1 aliphatic rings. The number of benzene rings is 3. The van der Waals surface area contributed by atoms with E-state index in [0.29, 0.717) is 31.7 Å². The van der Waals surface area contributed by atoms with Crippen LogP contribution in [0, 0.1) is 11.6 Å². The molecule has 35 heavy (non-hydrogen) atoms. The van der Waals surface area contributed by atoms with Gasteiger partial charge in [-0.15, -0.1) is 0 Å². The molecule has 5 rings (SSSR count). The monoisotopic (exact) mass is 477 g/mol. The van der Waals surface area contributed by atoms with E-state index < -0.39 is 17.2 Å². The minimum atomic E-state index is -1.67. The minimum absolute atomic E-state index is 0.0105. The lowest BCUT2D eigenvalue weighted by atomic mass is 9.92. The number of rotatable bonds is 6. The quantitative estimate of drug-likeness (QED) is 0.462. The van der Waals surface area contributed by atoms with E-state index in [1.54, 1.807) is 4.90 Å². The van der Waals surface area contributed by atoms with E-state index in [4.69, 9.17) is 0 Å². The van der Waals surface area contributed by atoms with Crippen LogP contribution >= 0.6 is 0 Å². The molecule has 9 heteroatoms. The number of nitrogens with zero attached hydrogens (tertiary/aromatic N) is 5. The molecule has 0 spiro atoms. The molecule has 0 saturated carbocycles. The Kier molecular flexibility index (Phi) is 6.27. The predicted octanol–water partition coefficient (Wildman–Crippen LogP) is 3.06. The van der Waals surface area contributed by atoms with Crippen molar-refractivity contribution in [2.24, 2.45) is 0 Å². The van der Waals surface area contributed by atoms with Crippen LogP contribution in [0.15, 0.2) is 73.3 Å². The zero-order valence-corrected chi connectivity index (χ0v) is 19.0. The molecule has 1 atom stereocenters. The largest absolute Gasteiger partial charge is 0.382 e. The highest BCUT2D eigenvalue weighted by atomic mass is 19.1. The van der Waals surface area contributed by atoms with E-state index in [9.17, 15) is 18.7 Å². The smallest absolute Gasteiger partial charge is 0.254 e. The summed E-state index contributed by atoms with van der Waals surface area (Å²) in [6, 6.07) is 16.7. The summed E-state index contributed by atoms with van der Waals surface area (Å²) >= 11 is 0. The third-order valence-corrected chi connectivity index (χ3v) is 6.49. The second-order valence-corrected chi connectivity index (χ2v) is 8.84. The highest BCUT2D eigenvalue weighted by Gasteiger charge is 2.37. The van der Waals surface area contributed by atoms with Crippen molar-refractivity contribution in [2.45, 2.75) is 12.1 Å². The number of fused-ring (bicyclic) bond motifs is 1. The van der Waals surface area contributed by atoms with E-state index in [2.05, 4.69) is 10.1 Å². The van der Waals surface area contributed by atoms with Crippen molar-refractivity contribution in [3.63, 3.8) is 0 Å². The zero-order valence-electron chi connectivity index (χ0n) is 19.0. The van der Waals surface area contributed by atoms with E-state index in [1.807, 2.05) is 47.4 Å². The van der Waals surface area contributed by atoms with Crippen LogP contribution < -0.4 is 0 Å².